The molecule has 3 aromatic rings. The summed E-state index contributed by atoms with van der Waals surface area (Å²) in [6.45, 7) is -1.66. The molecule has 0 unspecified atom stereocenters. The Morgan fingerprint density at radius 2 is 1.97 bits per heavy atom. The molecular weight excluding hydrogens is 393 g/mol. The Morgan fingerprint density at radius 1 is 1.20 bits per heavy atom. The van der Waals surface area contributed by atoms with Gasteiger partial charge in [0.2, 0.25) is 0 Å². The summed E-state index contributed by atoms with van der Waals surface area (Å²) in [5.41, 5.74) is 4.40. The van der Waals surface area contributed by atoms with Gasteiger partial charge >= 0.3 is 12.1 Å². The predicted octanol–water partition coefficient (Wildman–Crippen LogP) is 4.56. The fourth-order valence-electron chi connectivity index (χ4n) is 3.41. The molecule has 0 atom stereocenters. The third kappa shape index (κ3) is 3.72. The zero-order valence-electron chi connectivity index (χ0n) is 15.6. The number of alkyl halides is 3. The number of rotatable bonds is 3. The molecule has 0 fully saturated rings. The SMILES string of the molecule is C#Cc1ccc2c(c1)C(c1ccccc1)=CCc1c(C(=O)OCC(F)(F)F)ncn1-2. The van der Waals surface area contributed by atoms with Crippen molar-refractivity contribution >= 4 is 11.5 Å². The van der Waals surface area contributed by atoms with Gasteiger partial charge in [0.15, 0.2) is 12.3 Å². The van der Waals surface area contributed by atoms with E-state index < -0.39 is 18.8 Å². The van der Waals surface area contributed by atoms with Crippen LogP contribution < -0.4 is 0 Å². The van der Waals surface area contributed by atoms with Gasteiger partial charge < -0.3 is 9.30 Å². The van der Waals surface area contributed by atoms with E-state index in [9.17, 15) is 18.0 Å². The van der Waals surface area contributed by atoms with Gasteiger partial charge in [-0.05, 0) is 29.3 Å². The molecule has 0 saturated carbocycles. The van der Waals surface area contributed by atoms with Crippen LogP contribution in [0.25, 0.3) is 11.3 Å². The van der Waals surface area contributed by atoms with Gasteiger partial charge in [0.1, 0.15) is 6.33 Å². The lowest BCUT2D eigenvalue weighted by atomic mass is 9.94. The average molecular weight is 408 g/mol. The second-order valence-electron chi connectivity index (χ2n) is 6.67. The molecule has 2 heterocycles. The lowest BCUT2D eigenvalue weighted by Gasteiger charge is -2.14. The fraction of sp³-hybridized carbons (Fsp3) is 0.130. The molecule has 1 aliphatic rings. The van der Waals surface area contributed by atoms with Gasteiger partial charge in [-0.3, -0.25) is 0 Å². The molecule has 4 nitrogen and oxygen atoms in total. The molecule has 30 heavy (non-hydrogen) atoms. The highest BCUT2D eigenvalue weighted by molar-refractivity contribution is 5.91. The first-order valence-electron chi connectivity index (χ1n) is 9.04. The minimum atomic E-state index is -4.61. The Hall–Kier alpha value is -3.79. The monoisotopic (exact) mass is 408 g/mol. The van der Waals surface area contributed by atoms with Crippen LogP contribution >= 0.6 is 0 Å². The number of fused-ring (bicyclic) bond motifs is 3. The van der Waals surface area contributed by atoms with Crippen LogP contribution in [0.5, 0.6) is 0 Å². The summed E-state index contributed by atoms with van der Waals surface area (Å²) in [5, 5.41) is 0. The number of carbonyl (C=O) groups is 1. The molecular formula is C23H15F3N2O2. The zero-order chi connectivity index (χ0) is 21.3. The second-order valence-corrected chi connectivity index (χ2v) is 6.67. The number of carbonyl (C=O) groups excluding carboxylic acids is 1. The number of ether oxygens (including phenoxy) is 1. The summed E-state index contributed by atoms with van der Waals surface area (Å²) in [6, 6.07) is 15.1. The van der Waals surface area contributed by atoms with E-state index >= 15 is 0 Å². The first-order valence-corrected chi connectivity index (χ1v) is 9.04. The first kappa shape index (κ1) is 19.5. The highest BCUT2D eigenvalue weighted by Crippen LogP contribution is 2.34. The Morgan fingerprint density at radius 3 is 2.67 bits per heavy atom. The van der Waals surface area contributed by atoms with E-state index in [1.807, 2.05) is 48.5 Å². The standard InChI is InChI=1S/C23H15F3N2O2/c1-2-15-8-10-19-18(12-15)17(16-6-4-3-5-7-16)9-11-20-21(27-14-28(19)20)22(29)30-13-23(24,25)26/h1,3-10,12,14H,11,13H2. The van der Waals surface area contributed by atoms with E-state index in [0.717, 1.165) is 22.4 Å². The van der Waals surface area contributed by atoms with Gasteiger partial charge in [-0.15, -0.1) is 6.42 Å². The van der Waals surface area contributed by atoms with Gasteiger partial charge in [0.25, 0.3) is 0 Å². The molecule has 0 N–H and O–H groups in total. The lowest BCUT2D eigenvalue weighted by Crippen LogP contribution is -2.21. The van der Waals surface area contributed by atoms with E-state index in [1.165, 1.54) is 6.33 Å². The molecule has 0 spiro atoms. The van der Waals surface area contributed by atoms with Crippen molar-refractivity contribution in [2.75, 3.05) is 6.61 Å². The van der Waals surface area contributed by atoms with Crippen LogP contribution in [-0.2, 0) is 11.2 Å². The van der Waals surface area contributed by atoms with Crippen LogP contribution in [0.2, 0.25) is 0 Å². The van der Waals surface area contributed by atoms with Crippen LogP contribution in [0, 0.1) is 12.3 Å². The third-order valence-corrected chi connectivity index (χ3v) is 4.72. The number of hydrogen-bond acceptors (Lipinski definition) is 3. The number of halogens is 3. The maximum atomic E-state index is 12.4. The molecule has 0 saturated heterocycles. The van der Waals surface area contributed by atoms with Crippen molar-refractivity contribution in [3.63, 3.8) is 0 Å². The molecule has 7 heteroatoms. The maximum absolute atomic E-state index is 12.4. The van der Waals surface area contributed by atoms with E-state index in [2.05, 4.69) is 15.6 Å². The Bertz CT molecular complexity index is 1190. The molecule has 0 amide bonds. The summed E-state index contributed by atoms with van der Waals surface area (Å²) >= 11 is 0. The largest absolute Gasteiger partial charge is 0.451 e. The number of aromatic nitrogens is 2. The number of terminal acetylenes is 1. The van der Waals surface area contributed by atoms with Crippen LogP contribution in [0.4, 0.5) is 13.2 Å². The van der Waals surface area contributed by atoms with Crippen LogP contribution in [0.1, 0.15) is 32.9 Å². The molecule has 4 rings (SSSR count). The number of nitrogens with zero attached hydrogens (tertiary/aromatic N) is 2. The quantitative estimate of drug-likeness (QED) is 0.471. The van der Waals surface area contributed by atoms with Crippen LogP contribution in [-0.4, -0.2) is 28.3 Å². The van der Waals surface area contributed by atoms with Gasteiger partial charge in [0.05, 0.1) is 11.4 Å². The minimum absolute atomic E-state index is 0.142. The molecule has 0 aliphatic carbocycles. The number of hydrogen-bond donors (Lipinski definition) is 0. The summed E-state index contributed by atoms with van der Waals surface area (Å²) in [5.74, 6) is 1.50. The van der Waals surface area contributed by atoms with Crippen molar-refractivity contribution in [1.82, 2.24) is 9.55 Å². The van der Waals surface area contributed by atoms with Gasteiger partial charge in [-0.1, -0.05) is 42.3 Å². The molecule has 0 radical (unpaired) electrons. The van der Waals surface area contributed by atoms with Crippen molar-refractivity contribution in [2.24, 2.45) is 0 Å². The van der Waals surface area contributed by atoms with Crippen molar-refractivity contribution in [1.29, 1.82) is 0 Å². The van der Waals surface area contributed by atoms with E-state index in [-0.39, 0.29) is 12.1 Å². The third-order valence-electron chi connectivity index (χ3n) is 4.72. The topological polar surface area (TPSA) is 44.1 Å². The number of benzene rings is 2. The number of imidazole rings is 1. The molecule has 1 aromatic heterocycles. The molecule has 1 aliphatic heterocycles. The van der Waals surface area contributed by atoms with Crippen molar-refractivity contribution in [2.45, 2.75) is 12.6 Å². The average Bonchev–Trinajstić information content (AvgIpc) is 3.09. The smallest absolute Gasteiger partial charge is 0.422 e. The van der Waals surface area contributed by atoms with Gasteiger partial charge in [-0.2, -0.15) is 13.2 Å². The van der Waals surface area contributed by atoms with E-state index in [1.54, 1.807) is 10.6 Å². The maximum Gasteiger partial charge on any atom is 0.422 e. The summed E-state index contributed by atoms with van der Waals surface area (Å²) in [6.07, 6.45) is 4.57. The van der Waals surface area contributed by atoms with E-state index in [4.69, 9.17) is 6.42 Å². The Kier molecular flexibility index (Phi) is 4.92. The minimum Gasteiger partial charge on any atom is -0.451 e. The lowest BCUT2D eigenvalue weighted by molar-refractivity contribution is -0.161. The number of esters is 1. The summed E-state index contributed by atoms with van der Waals surface area (Å²) < 4.78 is 43.4. The van der Waals surface area contributed by atoms with Crippen LogP contribution in [0.15, 0.2) is 60.9 Å². The highest BCUT2D eigenvalue weighted by Gasteiger charge is 2.31. The predicted molar refractivity (Wildman–Crippen MR) is 105 cm³/mol. The first-order chi connectivity index (χ1) is 14.4. The highest BCUT2D eigenvalue weighted by atomic mass is 19.4. The van der Waals surface area contributed by atoms with Crippen LogP contribution in [0.3, 0.4) is 0 Å². The van der Waals surface area contributed by atoms with Crippen molar-refractivity contribution in [3.8, 4) is 18.0 Å². The number of allylic oxidation sites excluding steroid dienone is 1. The summed E-state index contributed by atoms with van der Waals surface area (Å²) in [7, 11) is 0. The molecule has 0 bridgehead atoms. The molecule has 2 aromatic carbocycles. The van der Waals surface area contributed by atoms with Crippen molar-refractivity contribution in [3.05, 3.63) is 89.0 Å². The Balaban J connectivity index is 1.82. The van der Waals surface area contributed by atoms with Gasteiger partial charge in [-0.25, -0.2) is 9.78 Å². The Labute approximate surface area is 170 Å². The van der Waals surface area contributed by atoms with Crippen molar-refractivity contribution < 1.29 is 22.7 Å². The summed E-state index contributed by atoms with van der Waals surface area (Å²) in [4.78, 5) is 16.3. The fourth-order valence-corrected chi connectivity index (χ4v) is 3.41. The molecule has 150 valence electrons. The zero-order valence-corrected chi connectivity index (χ0v) is 15.6. The van der Waals surface area contributed by atoms with E-state index in [0.29, 0.717) is 11.3 Å². The normalized spacial score (nSPS) is 12.8. The van der Waals surface area contributed by atoms with Gasteiger partial charge in [0, 0.05) is 17.5 Å². The second kappa shape index (κ2) is 7.56.